The van der Waals surface area contributed by atoms with Gasteiger partial charge >= 0.3 is 0 Å². The van der Waals surface area contributed by atoms with Gasteiger partial charge in [0.15, 0.2) is 17.8 Å². The number of aryl methyl sites for hydroxylation is 2. The molecule has 3 aromatic rings. The van der Waals surface area contributed by atoms with Crippen molar-refractivity contribution >= 4 is 10.9 Å². The molecule has 2 aromatic heterocycles. The molecule has 0 bridgehead atoms. The summed E-state index contributed by atoms with van der Waals surface area (Å²) in [5.74, 6) is 0. The zero-order chi connectivity index (χ0) is 24.7. The van der Waals surface area contributed by atoms with Gasteiger partial charge in [-0.05, 0) is 31.0 Å². The van der Waals surface area contributed by atoms with Crippen LogP contribution in [0.1, 0.15) is 104 Å². The van der Waals surface area contributed by atoms with Gasteiger partial charge in [0.1, 0.15) is 6.54 Å². The Balaban J connectivity index is 1.72. The van der Waals surface area contributed by atoms with Crippen LogP contribution in [-0.4, -0.2) is 4.57 Å². The molecule has 0 amide bonds. The normalized spacial score (nSPS) is 11.4. The number of para-hydroxylation sites is 1. The summed E-state index contributed by atoms with van der Waals surface area (Å²) < 4.78 is 4.69. The largest absolute Gasteiger partial charge is 0.340 e. The Hall–Kier alpha value is -2.42. The van der Waals surface area contributed by atoms with Gasteiger partial charge in [0, 0.05) is 30.5 Å². The summed E-state index contributed by atoms with van der Waals surface area (Å²) in [7, 11) is 0. The second-order valence-corrected chi connectivity index (χ2v) is 10.1. The number of pyridine rings is 2. The van der Waals surface area contributed by atoms with Gasteiger partial charge < -0.3 is 4.57 Å². The van der Waals surface area contributed by atoms with Crippen molar-refractivity contribution in [2.75, 3.05) is 0 Å². The number of hydrogen-bond acceptors (Lipinski definition) is 1. The number of rotatable bonds is 17. The molecule has 0 spiro atoms. The van der Waals surface area contributed by atoms with E-state index in [4.69, 9.17) is 0 Å². The van der Waals surface area contributed by atoms with E-state index in [0.717, 1.165) is 41.7 Å². The highest BCUT2D eigenvalue weighted by molar-refractivity contribution is 5.82. The summed E-state index contributed by atoms with van der Waals surface area (Å²) in [6.07, 6.45) is 22.7. The molecule has 0 aliphatic heterocycles. The van der Waals surface area contributed by atoms with Gasteiger partial charge in [-0.15, -0.1) is 0 Å². The van der Waals surface area contributed by atoms with Crippen molar-refractivity contribution in [3.8, 4) is 11.3 Å². The average Bonchev–Trinajstić information content (AvgIpc) is 2.89. The van der Waals surface area contributed by atoms with Crippen LogP contribution in [0, 0.1) is 0 Å². The van der Waals surface area contributed by atoms with Crippen molar-refractivity contribution in [2.24, 2.45) is 0 Å². The fourth-order valence-corrected chi connectivity index (χ4v) is 5.10. The van der Waals surface area contributed by atoms with Crippen molar-refractivity contribution < 1.29 is 4.57 Å². The van der Waals surface area contributed by atoms with Gasteiger partial charge in [-0.1, -0.05) is 96.6 Å². The summed E-state index contributed by atoms with van der Waals surface area (Å²) >= 11 is 0. The van der Waals surface area contributed by atoms with Gasteiger partial charge in [-0.25, -0.2) is 4.57 Å². The summed E-state index contributed by atoms with van der Waals surface area (Å²) in [5.41, 5.74) is 3.37. The molecular weight excluding hydrogens is 428 g/mol. The molecular formula is C32H47N2O+. The van der Waals surface area contributed by atoms with Gasteiger partial charge in [0.25, 0.3) is 0 Å². The zero-order valence-corrected chi connectivity index (χ0v) is 22.3. The van der Waals surface area contributed by atoms with E-state index in [-0.39, 0.29) is 5.43 Å². The van der Waals surface area contributed by atoms with Crippen molar-refractivity contribution in [3.63, 3.8) is 0 Å². The topological polar surface area (TPSA) is 25.9 Å². The molecule has 0 unspecified atom stereocenters. The summed E-state index contributed by atoms with van der Waals surface area (Å²) in [6, 6.07) is 14.3. The highest BCUT2D eigenvalue weighted by Crippen LogP contribution is 2.23. The lowest BCUT2D eigenvalue weighted by Gasteiger charge is -2.17. The van der Waals surface area contributed by atoms with Crippen LogP contribution in [0.4, 0.5) is 0 Å². The molecule has 0 saturated carbocycles. The fraction of sp³-hybridized carbons (Fsp3) is 0.562. The molecule has 0 radical (unpaired) electrons. The van der Waals surface area contributed by atoms with Gasteiger partial charge in [0.05, 0.1) is 16.8 Å². The Morgan fingerprint density at radius 3 is 2.06 bits per heavy atom. The third-order valence-electron chi connectivity index (χ3n) is 7.18. The molecule has 0 fully saturated rings. The number of fused-ring (bicyclic) bond motifs is 1. The van der Waals surface area contributed by atoms with Crippen LogP contribution in [0.15, 0.2) is 59.7 Å². The Labute approximate surface area is 213 Å². The Kier molecular flexibility index (Phi) is 12.1. The smallest absolute Gasteiger partial charge is 0.190 e. The first-order chi connectivity index (χ1) is 17.2. The first-order valence-electron chi connectivity index (χ1n) is 14.4. The molecule has 0 atom stereocenters. The molecule has 35 heavy (non-hydrogen) atoms. The fourth-order valence-electron chi connectivity index (χ4n) is 5.10. The molecule has 1 aromatic carbocycles. The first kappa shape index (κ1) is 27.2. The summed E-state index contributed by atoms with van der Waals surface area (Å²) in [5, 5.41) is 0.825. The molecule has 0 N–H and O–H groups in total. The van der Waals surface area contributed by atoms with Crippen LogP contribution in [0.2, 0.25) is 0 Å². The zero-order valence-electron chi connectivity index (χ0n) is 22.3. The number of nitrogens with zero attached hydrogens (tertiary/aromatic N) is 2. The lowest BCUT2D eigenvalue weighted by Crippen LogP contribution is -2.33. The maximum Gasteiger partial charge on any atom is 0.190 e. The van der Waals surface area contributed by atoms with E-state index < -0.39 is 0 Å². The molecule has 3 nitrogen and oxygen atoms in total. The third kappa shape index (κ3) is 8.63. The van der Waals surface area contributed by atoms with Crippen LogP contribution in [0.5, 0.6) is 0 Å². The molecule has 190 valence electrons. The Bertz CT molecular complexity index is 1070. The highest BCUT2D eigenvalue weighted by atomic mass is 16.1. The van der Waals surface area contributed by atoms with Gasteiger partial charge in [-0.3, -0.25) is 4.79 Å². The minimum absolute atomic E-state index is 0.119. The summed E-state index contributed by atoms with van der Waals surface area (Å²) in [4.78, 5) is 13.0. The first-order valence-corrected chi connectivity index (χ1v) is 14.4. The monoisotopic (exact) mass is 475 g/mol. The van der Waals surface area contributed by atoms with Crippen LogP contribution >= 0.6 is 0 Å². The number of benzene rings is 1. The predicted octanol–water partition coefficient (Wildman–Crippen LogP) is 8.46. The SMILES string of the molecule is CCCCCCCCCn1c(-c2ccc[n+](CCCCCCCCC)c2)cc(=O)c2ccccc21. The second kappa shape index (κ2) is 15.5. The average molecular weight is 476 g/mol. The maximum atomic E-state index is 13.0. The molecule has 2 heterocycles. The van der Waals surface area contributed by atoms with Crippen LogP contribution in [0.3, 0.4) is 0 Å². The molecule has 0 aliphatic carbocycles. The van der Waals surface area contributed by atoms with E-state index in [2.05, 4.69) is 59.6 Å². The van der Waals surface area contributed by atoms with Crippen molar-refractivity contribution in [1.82, 2.24) is 4.57 Å². The van der Waals surface area contributed by atoms with Gasteiger partial charge in [0.2, 0.25) is 0 Å². The second-order valence-electron chi connectivity index (χ2n) is 10.1. The Morgan fingerprint density at radius 2 is 1.34 bits per heavy atom. The van der Waals surface area contributed by atoms with Crippen molar-refractivity contribution in [3.05, 3.63) is 65.1 Å². The third-order valence-corrected chi connectivity index (χ3v) is 7.18. The predicted molar refractivity (Wildman–Crippen MR) is 150 cm³/mol. The van der Waals surface area contributed by atoms with Crippen LogP contribution in [0.25, 0.3) is 22.2 Å². The van der Waals surface area contributed by atoms with E-state index in [1.807, 2.05) is 18.2 Å². The van der Waals surface area contributed by atoms with Crippen molar-refractivity contribution in [1.29, 1.82) is 0 Å². The Morgan fingerprint density at radius 1 is 0.714 bits per heavy atom. The number of aromatic nitrogens is 2. The van der Waals surface area contributed by atoms with Crippen molar-refractivity contribution in [2.45, 2.75) is 117 Å². The van der Waals surface area contributed by atoms with Crippen LogP contribution < -0.4 is 10.00 Å². The summed E-state index contributed by atoms with van der Waals surface area (Å²) in [6.45, 7) is 6.53. The van der Waals surface area contributed by atoms with Gasteiger partial charge in [-0.2, -0.15) is 0 Å². The maximum absolute atomic E-state index is 13.0. The van der Waals surface area contributed by atoms with E-state index in [0.29, 0.717) is 0 Å². The standard InChI is InChI=1S/C32H47N2O/c1-3-5-7-9-11-13-17-23-33-24-19-20-28(27-33)31-26-32(35)29-21-15-16-22-30(29)34(31)25-18-14-12-10-8-6-4-2/h15-16,19-22,24,26-27H,3-14,17-18,23,25H2,1-2H3/q+1. The quantitative estimate of drug-likeness (QED) is 0.142. The van der Waals surface area contributed by atoms with E-state index in [9.17, 15) is 4.79 Å². The van der Waals surface area contributed by atoms with E-state index >= 15 is 0 Å². The lowest BCUT2D eigenvalue weighted by molar-refractivity contribution is -0.696. The van der Waals surface area contributed by atoms with E-state index in [1.165, 1.54) is 83.5 Å². The highest BCUT2D eigenvalue weighted by Gasteiger charge is 2.13. The molecule has 3 heteroatoms. The molecule has 3 rings (SSSR count). The minimum atomic E-state index is 0.119. The lowest BCUT2D eigenvalue weighted by atomic mass is 10.1. The number of unbranched alkanes of at least 4 members (excludes halogenated alkanes) is 12. The molecule has 0 aliphatic rings. The van der Waals surface area contributed by atoms with Crippen LogP contribution in [-0.2, 0) is 13.1 Å². The van der Waals surface area contributed by atoms with E-state index in [1.54, 1.807) is 0 Å². The molecule has 0 saturated heterocycles. The minimum Gasteiger partial charge on any atom is -0.340 e. The number of hydrogen-bond donors (Lipinski definition) is 0.